The van der Waals surface area contributed by atoms with Crippen LogP contribution < -0.4 is 5.73 Å². The lowest BCUT2D eigenvalue weighted by atomic mass is 10.1. The Balaban J connectivity index is 2.21. The van der Waals surface area contributed by atoms with Gasteiger partial charge in [0.1, 0.15) is 11.3 Å². The van der Waals surface area contributed by atoms with Crippen molar-refractivity contribution in [3.63, 3.8) is 0 Å². The van der Waals surface area contributed by atoms with Crippen molar-refractivity contribution < 1.29 is 15.0 Å². The van der Waals surface area contributed by atoms with E-state index in [9.17, 15) is 4.79 Å². The lowest BCUT2D eigenvalue weighted by Crippen LogP contribution is -2.34. The number of phenols is 1. The number of carboxylic acids is 1. The molecule has 0 saturated heterocycles. The van der Waals surface area contributed by atoms with E-state index in [0.717, 1.165) is 5.56 Å². The molecule has 4 nitrogen and oxygen atoms in total. The van der Waals surface area contributed by atoms with Crippen LogP contribution in [0.2, 0.25) is 0 Å². The molecular weight excluding hydrogens is 182 g/mol. The summed E-state index contributed by atoms with van der Waals surface area (Å²) in [6.07, 6.45) is 0.465. The Morgan fingerprint density at radius 2 is 2.00 bits per heavy atom. The molecule has 0 radical (unpaired) electrons. The largest absolute Gasteiger partial charge is 0.508 e. The van der Waals surface area contributed by atoms with Gasteiger partial charge in [-0.1, -0.05) is 12.1 Å². The Labute approximate surface area is 81.0 Å². The predicted molar refractivity (Wildman–Crippen MR) is 50.0 cm³/mol. The van der Waals surface area contributed by atoms with Gasteiger partial charge in [-0.3, -0.25) is 4.79 Å². The molecule has 2 rings (SSSR count). The third kappa shape index (κ3) is 1.24. The molecule has 0 unspecified atom stereocenters. The number of hydrogen-bond donors (Lipinski definition) is 3. The molecule has 1 aliphatic carbocycles. The molecule has 4 heteroatoms. The van der Waals surface area contributed by atoms with Crippen LogP contribution in [0.15, 0.2) is 24.3 Å². The zero-order valence-corrected chi connectivity index (χ0v) is 7.47. The van der Waals surface area contributed by atoms with Gasteiger partial charge in [0, 0.05) is 5.92 Å². The van der Waals surface area contributed by atoms with Crippen LogP contribution in [0.5, 0.6) is 5.75 Å². The van der Waals surface area contributed by atoms with Gasteiger partial charge < -0.3 is 15.9 Å². The minimum atomic E-state index is -1.10. The maximum absolute atomic E-state index is 10.8. The summed E-state index contributed by atoms with van der Waals surface area (Å²) in [4.78, 5) is 10.8. The lowest BCUT2D eigenvalue weighted by Gasteiger charge is -2.05. The molecule has 1 fully saturated rings. The van der Waals surface area contributed by atoms with Crippen LogP contribution in [0, 0.1) is 0 Å². The van der Waals surface area contributed by atoms with Gasteiger partial charge in [-0.05, 0) is 24.1 Å². The maximum atomic E-state index is 10.8. The van der Waals surface area contributed by atoms with Gasteiger partial charge in [0.15, 0.2) is 0 Å². The van der Waals surface area contributed by atoms with E-state index in [4.69, 9.17) is 15.9 Å². The van der Waals surface area contributed by atoms with Crippen LogP contribution in [0.4, 0.5) is 0 Å². The second-order valence-corrected chi connectivity index (χ2v) is 3.69. The Kier molecular flexibility index (Phi) is 1.75. The standard InChI is InChI=1S/C10H11NO3/c11-10(9(13)14)5-8(10)6-1-3-7(12)4-2-6/h1-4,8,12H,5,11H2,(H,13,14)/t8-,10-/m1/s1. The van der Waals surface area contributed by atoms with E-state index < -0.39 is 11.5 Å². The molecule has 0 bridgehead atoms. The van der Waals surface area contributed by atoms with Crippen molar-refractivity contribution in [2.24, 2.45) is 5.73 Å². The molecule has 1 saturated carbocycles. The van der Waals surface area contributed by atoms with E-state index in [2.05, 4.69) is 0 Å². The Morgan fingerprint density at radius 3 is 2.43 bits per heavy atom. The fourth-order valence-electron chi connectivity index (χ4n) is 1.64. The number of nitrogens with two attached hydrogens (primary N) is 1. The summed E-state index contributed by atoms with van der Waals surface area (Å²) >= 11 is 0. The highest BCUT2D eigenvalue weighted by Gasteiger charge is 2.58. The van der Waals surface area contributed by atoms with E-state index in [1.54, 1.807) is 12.1 Å². The van der Waals surface area contributed by atoms with Crippen LogP contribution in [-0.2, 0) is 4.79 Å². The summed E-state index contributed by atoms with van der Waals surface area (Å²) in [5.41, 5.74) is 5.41. The number of hydrogen-bond acceptors (Lipinski definition) is 3. The van der Waals surface area contributed by atoms with Crippen molar-refractivity contribution in [3.8, 4) is 5.75 Å². The first-order chi connectivity index (χ1) is 6.54. The first kappa shape index (κ1) is 9.02. The molecule has 1 aromatic rings. The highest BCUT2D eigenvalue weighted by Crippen LogP contribution is 2.49. The van der Waals surface area contributed by atoms with Crippen molar-refractivity contribution in [1.82, 2.24) is 0 Å². The molecule has 0 heterocycles. The number of aromatic hydroxyl groups is 1. The summed E-state index contributed by atoms with van der Waals surface area (Å²) in [5.74, 6) is -0.913. The fraction of sp³-hybridized carbons (Fsp3) is 0.300. The van der Waals surface area contributed by atoms with E-state index in [0.29, 0.717) is 6.42 Å². The molecular formula is C10H11NO3. The zero-order valence-electron chi connectivity index (χ0n) is 7.47. The Morgan fingerprint density at radius 1 is 1.43 bits per heavy atom. The van der Waals surface area contributed by atoms with E-state index in [1.807, 2.05) is 0 Å². The SMILES string of the molecule is N[C@]1(C(=O)O)C[C@@H]1c1ccc(O)cc1. The summed E-state index contributed by atoms with van der Waals surface area (Å²) in [6, 6.07) is 6.49. The quantitative estimate of drug-likeness (QED) is 0.644. The number of carbonyl (C=O) groups is 1. The third-order valence-electron chi connectivity index (χ3n) is 2.70. The molecule has 4 N–H and O–H groups in total. The first-order valence-electron chi connectivity index (χ1n) is 4.35. The highest BCUT2D eigenvalue weighted by molar-refractivity contribution is 5.84. The van der Waals surface area contributed by atoms with Gasteiger partial charge in [-0.15, -0.1) is 0 Å². The van der Waals surface area contributed by atoms with Crippen molar-refractivity contribution >= 4 is 5.97 Å². The Bertz CT molecular complexity index is 373. The maximum Gasteiger partial charge on any atom is 0.324 e. The van der Waals surface area contributed by atoms with Crippen molar-refractivity contribution in [3.05, 3.63) is 29.8 Å². The highest BCUT2D eigenvalue weighted by atomic mass is 16.4. The van der Waals surface area contributed by atoms with Gasteiger partial charge in [0.2, 0.25) is 0 Å². The number of benzene rings is 1. The zero-order chi connectivity index (χ0) is 10.3. The van der Waals surface area contributed by atoms with Crippen molar-refractivity contribution in [2.45, 2.75) is 17.9 Å². The van der Waals surface area contributed by atoms with E-state index in [-0.39, 0.29) is 11.7 Å². The molecule has 1 aromatic carbocycles. The molecule has 0 spiro atoms. The van der Waals surface area contributed by atoms with Crippen LogP contribution in [-0.4, -0.2) is 21.7 Å². The van der Waals surface area contributed by atoms with E-state index in [1.165, 1.54) is 12.1 Å². The minimum Gasteiger partial charge on any atom is -0.508 e. The molecule has 1 aliphatic rings. The predicted octanol–water partition coefficient (Wildman–Crippen LogP) is 0.662. The van der Waals surface area contributed by atoms with Gasteiger partial charge in [-0.2, -0.15) is 0 Å². The van der Waals surface area contributed by atoms with Gasteiger partial charge >= 0.3 is 5.97 Å². The van der Waals surface area contributed by atoms with Crippen LogP contribution in [0.1, 0.15) is 17.9 Å². The van der Waals surface area contributed by atoms with Gasteiger partial charge in [0.05, 0.1) is 0 Å². The topological polar surface area (TPSA) is 83.6 Å². The third-order valence-corrected chi connectivity index (χ3v) is 2.70. The van der Waals surface area contributed by atoms with Crippen molar-refractivity contribution in [2.75, 3.05) is 0 Å². The molecule has 14 heavy (non-hydrogen) atoms. The van der Waals surface area contributed by atoms with Gasteiger partial charge in [-0.25, -0.2) is 0 Å². The molecule has 2 atom stereocenters. The average molecular weight is 193 g/mol. The molecule has 0 aromatic heterocycles. The monoisotopic (exact) mass is 193 g/mol. The number of carboxylic acid groups (broad SMARTS) is 1. The average Bonchev–Trinajstić information content (AvgIpc) is 2.81. The summed E-state index contributed by atoms with van der Waals surface area (Å²) in [6.45, 7) is 0. The smallest absolute Gasteiger partial charge is 0.324 e. The van der Waals surface area contributed by atoms with Gasteiger partial charge in [0.25, 0.3) is 0 Å². The second-order valence-electron chi connectivity index (χ2n) is 3.69. The van der Waals surface area contributed by atoms with Crippen LogP contribution in [0.3, 0.4) is 0 Å². The molecule has 0 amide bonds. The Hall–Kier alpha value is -1.55. The normalized spacial score (nSPS) is 29.9. The summed E-state index contributed by atoms with van der Waals surface area (Å²) in [7, 11) is 0. The second kappa shape index (κ2) is 2.72. The minimum absolute atomic E-state index is 0.124. The fourth-order valence-corrected chi connectivity index (χ4v) is 1.64. The molecule has 0 aliphatic heterocycles. The summed E-state index contributed by atoms with van der Waals surface area (Å²) < 4.78 is 0. The van der Waals surface area contributed by atoms with Crippen molar-refractivity contribution in [1.29, 1.82) is 0 Å². The van der Waals surface area contributed by atoms with Crippen LogP contribution in [0.25, 0.3) is 0 Å². The molecule has 74 valence electrons. The van der Waals surface area contributed by atoms with Crippen LogP contribution >= 0.6 is 0 Å². The number of rotatable bonds is 2. The number of aliphatic carboxylic acids is 1. The van der Waals surface area contributed by atoms with E-state index >= 15 is 0 Å². The number of phenolic OH excluding ortho intramolecular Hbond substituents is 1. The lowest BCUT2D eigenvalue weighted by molar-refractivity contribution is -0.139. The summed E-state index contributed by atoms with van der Waals surface area (Å²) in [5, 5.41) is 17.9. The first-order valence-corrected chi connectivity index (χ1v) is 4.35.